The molecule has 25 heavy (non-hydrogen) atoms. The molecule has 0 N–H and O–H groups in total. The lowest BCUT2D eigenvalue weighted by Gasteiger charge is -2.10. The van der Waals surface area contributed by atoms with Crippen molar-refractivity contribution in [3.63, 3.8) is 0 Å². The molecule has 0 heterocycles. The number of hydrogen-bond donors (Lipinski definition) is 0. The van der Waals surface area contributed by atoms with Gasteiger partial charge in [-0.3, -0.25) is 4.79 Å². The van der Waals surface area contributed by atoms with Crippen LogP contribution in [-0.2, 0) is 11.2 Å². The quantitative estimate of drug-likeness (QED) is 0.521. The van der Waals surface area contributed by atoms with Gasteiger partial charge in [-0.2, -0.15) is 0 Å². The molecule has 4 nitrogen and oxygen atoms in total. The van der Waals surface area contributed by atoms with Crippen LogP contribution in [0.3, 0.4) is 0 Å². The number of ether oxygens (including phenoxy) is 2. The van der Waals surface area contributed by atoms with Crippen molar-refractivity contribution in [2.24, 2.45) is 0 Å². The SMILES string of the molecule is COC(=O)c1cc(CC(=O)c2cccc3ccccc23)ccc1OC. The van der Waals surface area contributed by atoms with Gasteiger partial charge in [0.1, 0.15) is 11.3 Å². The summed E-state index contributed by atoms with van der Waals surface area (Å²) in [6, 6.07) is 18.6. The van der Waals surface area contributed by atoms with E-state index in [4.69, 9.17) is 9.47 Å². The Hall–Kier alpha value is -3.14. The van der Waals surface area contributed by atoms with Crippen LogP contribution in [0.4, 0.5) is 0 Å². The molecule has 0 aromatic heterocycles. The summed E-state index contributed by atoms with van der Waals surface area (Å²) in [6.07, 6.45) is 0.196. The molecule has 0 atom stereocenters. The lowest BCUT2D eigenvalue weighted by Crippen LogP contribution is -2.08. The smallest absolute Gasteiger partial charge is 0.341 e. The first-order chi connectivity index (χ1) is 12.1. The van der Waals surface area contributed by atoms with E-state index >= 15 is 0 Å². The van der Waals surface area contributed by atoms with Crippen LogP contribution in [0.1, 0.15) is 26.3 Å². The van der Waals surface area contributed by atoms with Gasteiger partial charge in [-0.15, -0.1) is 0 Å². The standard InChI is InChI=1S/C21H18O4/c1-24-20-11-10-14(12-18(20)21(23)25-2)13-19(22)17-9-5-7-15-6-3-4-8-16(15)17/h3-12H,13H2,1-2H3. The molecule has 0 fully saturated rings. The first-order valence-corrected chi connectivity index (χ1v) is 7.90. The molecule has 4 heteroatoms. The predicted molar refractivity (Wildman–Crippen MR) is 96.3 cm³/mol. The molecule has 0 aliphatic rings. The molecule has 0 saturated carbocycles. The summed E-state index contributed by atoms with van der Waals surface area (Å²) >= 11 is 0. The third-order valence-corrected chi connectivity index (χ3v) is 4.12. The van der Waals surface area contributed by atoms with Crippen LogP contribution in [0, 0.1) is 0 Å². The van der Waals surface area contributed by atoms with Crippen LogP contribution in [0.5, 0.6) is 5.75 Å². The number of rotatable bonds is 5. The van der Waals surface area contributed by atoms with Crippen molar-refractivity contribution in [3.8, 4) is 5.75 Å². The Kier molecular flexibility index (Phi) is 4.80. The van der Waals surface area contributed by atoms with E-state index in [1.807, 2.05) is 42.5 Å². The fourth-order valence-electron chi connectivity index (χ4n) is 2.88. The molecule has 3 aromatic carbocycles. The van der Waals surface area contributed by atoms with Crippen molar-refractivity contribution in [2.45, 2.75) is 6.42 Å². The van der Waals surface area contributed by atoms with Crippen molar-refractivity contribution in [1.82, 2.24) is 0 Å². The monoisotopic (exact) mass is 334 g/mol. The second kappa shape index (κ2) is 7.18. The molecule has 0 radical (unpaired) electrons. The summed E-state index contributed by atoms with van der Waals surface area (Å²) in [7, 11) is 2.80. The second-order valence-corrected chi connectivity index (χ2v) is 5.65. The van der Waals surface area contributed by atoms with Crippen molar-refractivity contribution in [1.29, 1.82) is 0 Å². The van der Waals surface area contributed by atoms with E-state index in [0.717, 1.165) is 16.3 Å². The highest BCUT2D eigenvalue weighted by Crippen LogP contribution is 2.24. The van der Waals surface area contributed by atoms with Gasteiger partial charge in [0, 0.05) is 12.0 Å². The highest BCUT2D eigenvalue weighted by Gasteiger charge is 2.16. The highest BCUT2D eigenvalue weighted by molar-refractivity contribution is 6.09. The molecular formula is C21H18O4. The normalized spacial score (nSPS) is 10.5. The lowest BCUT2D eigenvalue weighted by atomic mass is 9.96. The fourth-order valence-corrected chi connectivity index (χ4v) is 2.88. The molecule has 0 aliphatic heterocycles. The van der Waals surface area contributed by atoms with E-state index < -0.39 is 5.97 Å². The van der Waals surface area contributed by atoms with Gasteiger partial charge < -0.3 is 9.47 Å². The van der Waals surface area contributed by atoms with E-state index in [9.17, 15) is 9.59 Å². The molecule has 0 saturated heterocycles. The first kappa shape index (κ1) is 16.7. The minimum Gasteiger partial charge on any atom is -0.496 e. The Morgan fingerprint density at radius 3 is 2.40 bits per heavy atom. The number of esters is 1. The second-order valence-electron chi connectivity index (χ2n) is 5.65. The third-order valence-electron chi connectivity index (χ3n) is 4.12. The van der Waals surface area contributed by atoms with Crippen LogP contribution in [0.15, 0.2) is 60.7 Å². The Morgan fingerprint density at radius 2 is 1.64 bits per heavy atom. The Balaban J connectivity index is 1.94. The zero-order valence-corrected chi connectivity index (χ0v) is 14.1. The van der Waals surface area contributed by atoms with Crippen molar-refractivity contribution < 1.29 is 19.1 Å². The van der Waals surface area contributed by atoms with Crippen molar-refractivity contribution >= 4 is 22.5 Å². The molecule has 0 bridgehead atoms. The number of benzene rings is 3. The van der Waals surface area contributed by atoms with Gasteiger partial charge >= 0.3 is 5.97 Å². The van der Waals surface area contributed by atoms with Crippen LogP contribution in [-0.4, -0.2) is 26.0 Å². The molecule has 3 aromatic rings. The maximum Gasteiger partial charge on any atom is 0.341 e. The van der Waals surface area contributed by atoms with Crippen LogP contribution in [0.2, 0.25) is 0 Å². The lowest BCUT2D eigenvalue weighted by molar-refractivity contribution is 0.0596. The Bertz CT molecular complexity index is 938. The number of fused-ring (bicyclic) bond motifs is 1. The van der Waals surface area contributed by atoms with E-state index in [2.05, 4.69) is 0 Å². The van der Waals surface area contributed by atoms with E-state index in [1.54, 1.807) is 18.2 Å². The highest BCUT2D eigenvalue weighted by atomic mass is 16.5. The maximum atomic E-state index is 12.8. The van der Waals surface area contributed by atoms with E-state index in [0.29, 0.717) is 16.9 Å². The molecule has 3 rings (SSSR count). The molecule has 0 aliphatic carbocycles. The van der Waals surface area contributed by atoms with Gasteiger partial charge in [0.15, 0.2) is 5.78 Å². The fraction of sp³-hybridized carbons (Fsp3) is 0.143. The number of hydrogen-bond acceptors (Lipinski definition) is 4. The summed E-state index contributed by atoms with van der Waals surface area (Å²) < 4.78 is 9.96. The zero-order chi connectivity index (χ0) is 17.8. The van der Waals surface area contributed by atoms with Crippen molar-refractivity contribution in [3.05, 3.63) is 77.4 Å². The summed E-state index contributed by atoms with van der Waals surface area (Å²) in [5.41, 5.74) is 1.72. The van der Waals surface area contributed by atoms with Gasteiger partial charge in [0.05, 0.1) is 14.2 Å². The van der Waals surface area contributed by atoms with Gasteiger partial charge in [-0.05, 0) is 28.5 Å². The molecular weight excluding hydrogens is 316 g/mol. The molecule has 0 unspecified atom stereocenters. The average Bonchev–Trinajstić information content (AvgIpc) is 2.66. The summed E-state index contributed by atoms with van der Waals surface area (Å²) in [4.78, 5) is 24.7. The largest absolute Gasteiger partial charge is 0.496 e. The Labute approximate surface area is 146 Å². The van der Waals surface area contributed by atoms with Gasteiger partial charge in [-0.25, -0.2) is 4.79 Å². The number of Topliss-reactive ketones (excluding diaryl/α,β-unsaturated/α-hetero) is 1. The number of carbonyl (C=O) groups excluding carboxylic acids is 2. The number of carbonyl (C=O) groups is 2. The van der Waals surface area contributed by atoms with Gasteiger partial charge in [0.2, 0.25) is 0 Å². The van der Waals surface area contributed by atoms with Crippen LogP contribution in [0.25, 0.3) is 10.8 Å². The molecule has 0 spiro atoms. The summed E-state index contributed by atoms with van der Waals surface area (Å²) in [5, 5.41) is 1.95. The zero-order valence-electron chi connectivity index (χ0n) is 14.1. The van der Waals surface area contributed by atoms with Crippen LogP contribution < -0.4 is 4.74 Å². The topological polar surface area (TPSA) is 52.6 Å². The molecule has 0 amide bonds. The summed E-state index contributed by atoms with van der Waals surface area (Å²) in [6.45, 7) is 0. The Morgan fingerprint density at radius 1 is 0.880 bits per heavy atom. The maximum absolute atomic E-state index is 12.8. The third kappa shape index (κ3) is 3.38. The van der Waals surface area contributed by atoms with E-state index in [-0.39, 0.29) is 12.2 Å². The summed E-state index contributed by atoms with van der Waals surface area (Å²) in [5.74, 6) is -0.0673. The van der Waals surface area contributed by atoms with E-state index in [1.165, 1.54) is 14.2 Å². The van der Waals surface area contributed by atoms with Crippen LogP contribution >= 0.6 is 0 Å². The minimum absolute atomic E-state index is 0.00205. The van der Waals surface area contributed by atoms with Crippen molar-refractivity contribution in [2.75, 3.05) is 14.2 Å². The number of methoxy groups -OCH3 is 2. The minimum atomic E-state index is -0.490. The van der Waals surface area contributed by atoms with Gasteiger partial charge in [0.25, 0.3) is 0 Å². The first-order valence-electron chi connectivity index (χ1n) is 7.90. The van der Waals surface area contributed by atoms with Gasteiger partial charge in [-0.1, -0.05) is 48.5 Å². The molecule has 126 valence electrons. The average molecular weight is 334 g/mol. The predicted octanol–water partition coefficient (Wildman–Crippen LogP) is 4.06. The number of ketones is 1.